The molecule has 0 radical (unpaired) electrons. The minimum atomic E-state index is -4.09. The Kier molecular flexibility index (Phi) is 4.81. The summed E-state index contributed by atoms with van der Waals surface area (Å²) in [5, 5.41) is 9.45. The summed E-state index contributed by atoms with van der Waals surface area (Å²) in [7, 11) is -2.64. The monoisotopic (exact) mass is 370 g/mol. The Bertz CT molecular complexity index is 949. The van der Waals surface area contributed by atoms with Gasteiger partial charge in [-0.2, -0.15) is 13.7 Å². The first-order valence-electron chi connectivity index (χ1n) is 8.06. The Morgan fingerprint density at radius 2 is 1.69 bits per heavy atom. The standard InChI is InChI=1S/C19H18N2O4S/c1-13-8-10-15(11-9-13)26(23,24)25-19-17(14-6-4-3-5-7-14)16(12-20)18(22)21(19)2/h3-11,16-17,19H,1-2H3. The number of carbonyl (C=O) groups excluding carboxylic acids is 1. The number of aryl methyl sites for hydroxylation is 1. The predicted molar refractivity (Wildman–Crippen MR) is 94.3 cm³/mol. The van der Waals surface area contributed by atoms with Crippen molar-refractivity contribution in [3.8, 4) is 6.07 Å². The van der Waals surface area contributed by atoms with E-state index in [4.69, 9.17) is 4.18 Å². The third-order valence-corrected chi connectivity index (χ3v) is 5.82. The Labute approximate surface area is 152 Å². The molecule has 0 saturated carbocycles. The van der Waals surface area contributed by atoms with Gasteiger partial charge < -0.3 is 4.90 Å². The maximum Gasteiger partial charge on any atom is 0.299 e. The van der Waals surface area contributed by atoms with Gasteiger partial charge in [-0.25, -0.2) is 4.18 Å². The first kappa shape index (κ1) is 18.1. The Balaban J connectivity index is 1.99. The minimum Gasteiger partial charge on any atom is -0.317 e. The van der Waals surface area contributed by atoms with Crippen LogP contribution in [-0.4, -0.2) is 32.5 Å². The molecule has 1 saturated heterocycles. The largest absolute Gasteiger partial charge is 0.317 e. The fourth-order valence-electron chi connectivity index (χ4n) is 3.09. The molecule has 0 spiro atoms. The van der Waals surface area contributed by atoms with E-state index in [1.807, 2.05) is 19.1 Å². The highest BCUT2D eigenvalue weighted by atomic mass is 32.2. The maximum absolute atomic E-state index is 12.7. The van der Waals surface area contributed by atoms with Crippen molar-refractivity contribution in [3.63, 3.8) is 0 Å². The van der Waals surface area contributed by atoms with Crippen LogP contribution in [0.3, 0.4) is 0 Å². The second-order valence-corrected chi connectivity index (χ2v) is 7.82. The summed E-state index contributed by atoms with van der Waals surface area (Å²) in [6.45, 7) is 1.85. The molecule has 0 N–H and O–H groups in total. The van der Waals surface area contributed by atoms with Crippen LogP contribution >= 0.6 is 0 Å². The van der Waals surface area contributed by atoms with Crippen molar-refractivity contribution in [3.05, 3.63) is 65.7 Å². The van der Waals surface area contributed by atoms with Gasteiger partial charge in [-0.05, 0) is 24.6 Å². The van der Waals surface area contributed by atoms with Crippen molar-refractivity contribution in [1.29, 1.82) is 5.26 Å². The SMILES string of the molecule is Cc1ccc(S(=O)(=O)OC2C(c3ccccc3)C(C#N)C(=O)N2C)cc1. The lowest BCUT2D eigenvalue weighted by Crippen LogP contribution is -2.35. The van der Waals surface area contributed by atoms with E-state index in [2.05, 4.69) is 0 Å². The maximum atomic E-state index is 12.7. The van der Waals surface area contributed by atoms with Crippen molar-refractivity contribution < 1.29 is 17.4 Å². The molecule has 6 nitrogen and oxygen atoms in total. The average Bonchev–Trinajstić information content (AvgIpc) is 2.86. The van der Waals surface area contributed by atoms with Gasteiger partial charge in [0, 0.05) is 7.05 Å². The highest BCUT2D eigenvalue weighted by molar-refractivity contribution is 7.86. The molecule has 2 aromatic rings. The van der Waals surface area contributed by atoms with Gasteiger partial charge in [0.2, 0.25) is 5.91 Å². The molecule has 1 aliphatic heterocycles. The third-order valence-electron chi connectivity index (χ3n) is 4.52. The first-order chi connectivity index (χ1) is 12.3. The molecular weight excluding hydrogens is 352 g/mol. The summed E-state index contributed by atoms with van der Waals surface area (Å²) in [6, 6.07) is 17.1. The molecule has 1 amide bonds. The molecule has 7 heteroatoms. The number of rotatable bonds is 4. The molecule has 1 fully saturated rings. The van der Waals surface area contributed by atoms with Gasteiger partial charge in [0.05, 0.1) is 16.9 Å². The van der Waals surface area contributed by atoms with Crippen molar-refractivity contribution in [1.82, 2.24) is 4.90 Å². The lowest BCUT2D eigenvalue weighted by Gasteiger charge is -2.24. The zero-order chi connectivity index (χ0) is 18.9. The Hall–Kier alpha value is -2.69. The minimum absolute atomic E-state index is 0.0103. The van der Waals surface area contributed by atoms with Gasteiger partial charge >= 0.3 is 0 Å². The molecule has 1 heterocycles. The lowest BCUT2D eigenvalue weighted by atomic mass is 9.88. The third kappa shape index (κ3) is 3.21. The van der Waals surface area contributed by atoms with Crippen LogP contribution in [0.25, 0.3) is 0 Å². The van der Waals surface area contributed by atoms with Crippen LogP contribution in [0.4, 0.5) is 0 Å². The van der Waals surface area contributed by atoms with E-state index in [1.165, 1.54) is 24.1 Å². The van der Waals surface area contributed by atoms with E-state index in [1.54, 1.807) is 36.4 Å². The number of nitriles is 1. The fraction of sp³-hybridized carbons (Fsp3) is 0.263. The number of likely N-dealkylation sites (tertiary alicyclic amines) is 1. The van der Waals surface area contributed by atoms with Crippen LogP contribution < -0.4 is 0 Å². The summed E-state index contributed by atoms with van der Waals surface area (Å²) < 4.78 is 30.8. The van der Waals surface area contributed by atoms with E-state index in [-0.39, 0.29) is 4.90 Å². The molecule has 2 aromatic carbocycles. The number of nitrogens with zero attached hydrogens (tertiary/aromatic N) is 2. The van der Waals surface area contributed by atoms with Crippen LogP contribution in [0.2, 0.25) is 0 Å². The van der Waals surface area contributed by atoms with Crippen molar-refractivity contribution in [2.24, 2.45) is 5.92 Å². The van der Waals surface area contributed by atoms with Gasteiger partial charge in [-0.15, -0.1) is 0 Å². The Morgan fingerprint density at radius 3 is 2.27 bits per heavy atom. The van der Waals surface area contributed by atoms with Gasteiger partial charge in [0.25, 0.3) is 10.1 Å². The molecule has 0 bridgehead atoms. The van der Waals surface area contributed by atoms with Crippen LogP contribution in [0.15, 0.2) is 59.5 Å². The molecule has 3 unspecified atom stereocenters. The van der Waals surface area contributed by atoms with E-state index < -0.39 is 34.1 Å². The van der Waals surface area contributed by atoms with Gasteiger partial charge in [-0.1, -0.05) is 48.0 Å². The van der Waals surface area contributed by atoms with Crippen LogP contribution in [0, 0.1) is 24.2 Å². The molecule has 26 heavy (non-hydrogen) atoms. The van der Waals surface area contributed by atoms with Crippen LogP contribution in [0.5, 0.6) is 0 Å². The number of carbonyl (C=O) groups is 1. The Morgan fingerprint density at radius 1 is 1.08 bits per heavy atom. The fourth-order valence-corrected chi connectivity index (χ4v) is 4.18. The number of amides is 1. The summed E-state index contributed by atoms with van der Waals surface area (Å²) in [5.41, 5.74) is 1.60. The number of hydrogen-bond acceptors (Lipinski definition) is 5. The van der Waals surface area contributed by atoms with E-state index in [9.17, 15) is 18.5 Å². The van der Waals surface area contributed by atoms with Crippen LogP contribution in [-0.2, 0) is 19.1 Å². The van der Waals surface area contributed by atoms with Gasteiger partial charge in [0.15, 0.2) is 6.23 Å². The summed E-state index contributed by atoms with van der Waals surface area (Å²) >= 11 is 0. The highest BCUT2D eigenvalue weighted by Crippen LogP contribution is 2.39. The van der Waals surface area contributed by atoms with E-state index >= 15 is 0 Å². The second kappa shape index (κ2) is 6.90. The molecule has 1 aliphatic rings. The zero-order valence-corrected chi connectivity index (χ0v) is 15.2. The molecule has 0 aromatic heterocycles. The number of likely N-dealkylation sites (N-methyl/N-ethyl adjacent to an activating group) is 1. The summed E-state index contributed by atoms with van der Waals surface area (Å²) in [5.74, 6) is -2.15. The quantitative estimate of drug-likeness (QED) is 0.772. The molecule has 0 aliphatic carbocycles. The number of benzene rings is 2. The van der Waals surface area contributed by atoms with Crippen molar-refractivity contribution >= 4 is 16.0 Å². The zero-order valence-electron chi connectivity index (χ0n) is 14.4. The normalized spacial score (nSPS) is 23.0. The van der Waals surface area contributed by atoms with Gasteiger partial charge in [-0.3, -0.25) is 4.79 Å². The average molecular weight is 370 g/mol. The molecular formula is C19H18N2O4S. The van der Waals surface area contributed by atoms with Crippen molar-refractivity contribution in [2.75, 3.05) is 7.05 Å². The topological polar surface area (TPSA) is 87.5 Å². The van der Waals surface area contributed by atoms with E-state index in [0.29, 0.717) is 5.56 Å². The lowest BCUT2D eigenvalue weighted by molar-refractivity contribution is -0.131. The second-order valence-electron chi connectivity index (χ2n) is 6.25. The van der Waals surface area contributed by atoms with Crippen LogP contribution in [0.1, 0.15) is 17.0 Å². The van der Waals surface area contributed by atoms with E-state index in [0.717, 1.165) is 5.56 Å². The molecule has 134 valence electrons. The molecule has 3 rings (SSSR count). The smallest absolute Gasteiger partial charge is 0.299 e. The summed E-state index contributed by atoms with van der Waals surface area (Å²) in [6.07, 6.45) is -1.08. The number of hydrogen-bond donors (Lipinski definition) is 0. The van der Waals surface area contributed by atoms with Crippen molar-refractivity contribution in [2.45, 2.75) is 24.0 Å². The molecule has 3 atom stereocenters. The van der Waals surface area contributed by atoms with Gasteiger partial charge in [0.1, 0.15) is 5.92 Å². The predicted octanol–water partition coefficient (Wildman–Crippen LogP) is 2.42. The summed E-state index contributed by atoms with van der Waals surface area (Å²) in [4.78, 5) is 13.6. The highest BCUT2D eigenvalue weighted by Gasteiger charge is 2.50. The first-order valence-corrected chi connectivity index (χ1v) is 9.47.